The lowest BCUT2D eigenvalue weighted by molar-refractivity contribution is -0.00519. The molecule has 0 bridgehead atoms. The van der Waals surface area contributed by atoms with Crippen LogP contribution < -0.4 is 10.6 Å². The average Bonchev–Trinajstić information content (AvgIpc) is 2.15. The molecule has 1 aromatic carbocycles. The Hall–Kier alpha value is -1.22. The van der Waals surface area contributed by atoms with Crippen LogP contribution >= 0.6 is 0 Å². The quantitative estimate of drug-likeness (QED) is 0.737. The molecule has 1 saturated heterocycles. The summed E-state index contributed by atoms with van der Waals surface area (Å²) in [5.74, 6) is 0. The van der Waals surface area contributed by atoms with E-state index in [-0.39, 0.29) is 12.2 Å². The summed E-state index contributed by atoms with van der Waals surface area (Å²) < 4.78 is 5.74. The lowest BCUT2D eigenvalue weighted by Crippen LogP contribution is -2.46. The molecule has 1 fully saturated rings. The Bertz CT molecular complexity index is 348. The SMILES string of the molecule is Cc1cccc(N)c1N1CC(C)OC(C)C1. The molecule has 2 N–H and O–H groups in total. The highest BCUT2D eigenvalue weighted by molar-refractivity contribution is 5.71. The third-order valence-corrected chi connectivity index (χ3v) is 3.00. The van der Waals surface area contributed by atoms with Crippen molar-refractivity contribution in [3.8, 4) is 0 Å². The Labute approximate surface area is 97.2 Å². The van der Waals surface area contributed by atoms with Gasteiger partial charge in [0.15, 0.2) is 0 Å². The first-order valence-electron chi connectivity index (χ1n) is 5.83. The highest BCUT2D eigenvalue weighted by Crippen LogP contribution is 2.29. The number of nitrogen functional groups attached to an aromatic ring is 1. The van der Waals surface area contributed by atoms with Gasteiger partial charge in [0.1, 0.15) is 0 Å². The number of ether oxygens (including phenoxy) is 1. The number of para-hydroxylation sites is 1. The van der Waals surface area contributed by atoms with Crippen LogP contribution in [-0.2, 0) is 4.74 Å². The van der Waals surface area contributed by atoms with Crippen LogP contribution in [0, 0.1) is 6.92 Å². The molecule has 0 aliphatic carbocycles. The molecule has 2 atom stereocenters. The lowest BCUT2D eigenvalue weighted by atomic mass is 10.1. The van der Waals surface area contributed by atoms with Crippen molar-refractivity contribution in [1.82, 2.24) is 0 Å². The van der Waals surface area contributed by atoms with Gasteiger partial charge in [0, 0.05) is 13.1 Å². The van der Waals surface area contributed by atoms with Gasteiger partial charge >= 0.3 is 0 Å². The van der Waals surface area contributed by atoms with Crippen LogP contribution in [0.3, 0.4) is 0 Å². The Balaban J connectivity index is 2.29. The fraction of sp³-hybridized carbons (Fsp3) is 0.538. The van der Waals surface area contributed by atoms with Gasteiger partial charge in [0.25, 0.3) is 0 Å². The van der Waals surface area contributed by atoms with Crippen molar-refractivity contribution >= 4 is 11.4 Å². The van der Waals surface area contributed by atoms with Gasteiger partial charge in [-0.3, -0.25) is 0 Å². The molecule has 2 unspecified atom stereocenters. The van der Waals surface area contributed by atoms with Gasteiger partial charge in [-0.1, -0.05) is 12.1 Å². The Morgan fingerprint density at radius 3 is 2.44 bits per heavy atom. The molecule has 1 aliphatic rings. The van der Waals surface area contributed by atoms with Gasteiger partial charge in [-0.2, -0.15) is 0 Å². The van der Waals surface area contributed by atoms with E-state index >= 15 is 0 Å². The van der Waals surface area contributed by atoms with Crippen molar-refractivity contribution in [2.75, 3.05) is 23.7 Å². The summed E-state index contributed by atoms with van der Waals surface area (Å²) in [5, 5.41) is 0. The molecule has 0 amide bonds. The van der Waals surface area contributed by atoms with Crippen molar-refractivity contribution in [1.29, 1.82) is 0 Å². The molecule has 1 aliphatic heterocycles. The van der Waals surface area contributed by atoms with Crippen LogP contribution in [0.5, 0.6) is 0 Å². The second-order valence-corrected chi connectivity index (χ2v) is 4.68. The maximum absolute atomic E-state index is 6.06. The first kappa shape index (κ1) is 11.3. The highest BCUT2D eigenvalue weighted by atomic mass is 16.5. The third-order valence-electron chi connectivity index (χ3n) is 3.00. The lowest BCUT2D eigenvalue weighted by Gasteiger charge is -2.38. The van der Waals surface area contributed by atoms with Gasteiger partial charge < -0.3 is 15.4 Å². The number of anilines is 2. The van der Waals surface area contributed by atoms with Crippen LogP contribution in [-0.4, -0.2) is 25.3 Å². The van der Waals surface area contributed by atoms with Crippen molar-refractivity contribution in [2.24, 2.45) is 0 Å². The predicted octanol–water partition coefficient (Wildman–Crippen LogP) is 2.19. The van der Waals surface area contributed by atoms with Gasteiger partial charge in [0.2, 0.25) is 0 Å². The van der Waals surface area contributed by atoms with Crippen molar-refractivity contribution < 1.29 is 4.74 Å². The van der Waals surface area contributed by atoms with Gasteiger partial charge in [-0.05, 0) is 32.4 Å². The summed E-state index contributed by atoms with van der Waals surface area (Å²) in [7, 11) is 0. The number of hydrogen-bond donors (Lipinski definition) is 1. The molecule has 0 spiro atoms. The van der Waals surface area contributed by atoms with Crippen LogP contribution in [0.2, 0.25) is 0 Å². The van der Waals surface area contributed by atoms with E-state index in [1.54, 1.807) is 0 Å². The van der Waals surface area contributed by atoms with E-state index in [1.807, 2.05) is 12.1 Å². The first-order valence-corrected chi connectivity index (χ1v) is 5.83. The zero-order valence-electron chi connectivity index (χ0n) is 10.2. The van der Waals surface area contributed by atoms with E-state index in [1.165, 1.54) is 11.3 Å². The van der Waals surface area contributed by atoms with E-state index in [4.69, 9.17) is 10.5 Å². The minimum atomic E-state index is 0.266. The predicted molar refractivity (Wildman–Crippen MR) is 67.8 cm³/mol. The molecule has 0 aromatic heterocycles. The summed E-state index contributed by atoms with van der Waals surface area (Å²) in [6.45, 7) is 8.16. The fourth-order valence-corrected chi connectivity index (χ4v) is 2.47. The summed E-state index contributed by atoms with van der Waals surface area (Å²) >= 11 is 0. The topological polar surface area (TPSA) is 38.5 Å². The Morgan fingerprint density at radius 1 is 1.25 bits per heavy atom. The minimum absolute atomic E-state index is 0.266. The van der Waals surface area contributed by atoms with E-state index in [0.717, 1.165) is 18.8 Å². The van der Waals surface area contributed by atoms with E-state index < -0.39 is 0 Å². The minimum Gasteiger partial charge on any atom is -0.397 e. The number of nitrogens with zero attached hydrogens (tertiary/aromatic N) is 1. The fourth-order valence-electron chi connectivity index (χ4n) is 2.47. The van der Waals surface area contributed by atoms with Crippen molar-refractivity contribution in [2.45, 2.75) is 33.0 Å². The molecular formula is C13H20N2O. The molecule has 1 heterocycles. The van der Waals surface area contributed by atoms with Crippen LogP contribution in [0.4, 0.5) is 11.4 Å². The number of aryl methyl sites for hydroxylation is 1. The Kier molecular flexibility index (Phi) is 3.06. The molecule has 16 heavy (non-hydrogen) atoms. The Morgan fingerprint density at radius 2 is 1.88 bits per heavy atom. The third kappa shape index (κ3) is 2.14. The maximum Gasteiger partial charge on any atom is 0.0726 e. The summed E-state index contributed by atoms with van der Waals surface area (Å²) in [6, 6.07) is 6.07. The van der Waals surface area contributed by atoms with Crippen LogP contribution in [0.15, 0.2) is 18.2 Å². The molecule has 3 heteroatoms. The summed E-state index contributed by atoms with van der Waals surface area (Å²) in [5.41, 5.74) is 9.33. The van der Waals surface area contributed by atoms with Crippen molar-refractivity contribution in [3.63, 3.8) is 0 Å². The second-order valence-electron chi connectivity index (χ2n) is 4.68. The zero-order valence-corrected chi connectivity index (χ0v) is 10.2. The van der Waals surface area contributed by atoms with E-state index in [9.17, 15) is 0 Å². The van der Waals surface area contributed by atoms with E-state index in [2.05, 4.69) is 31.7 Å². The monoisotopic (exact) mass is 220 g/mol. The average molecular weight is 220 g/mol. The summed E-state index contributed by atoms with van der Waals surface area (Å²) in [6.07, 6.45) is 0.533. The number of hydrogen-bond acceptors (Lipinski definition) is 3. The van der Waals surface area contributed by atoms with Gasteiger partial charge in [0.05, 0.1) is 23.6 Å². The normalized spacial score (nSPS) is 25.8. The number of rotatable bonds is 1. The number of morpholine rings is 1. The number of nitrogens with two attached hydrogens (primary N) is 1. The molecular weight excluding hydrogens is 200 g/mol. The molecule has 0 saturated carbocycles. The van der Waals surface area contributed by atoms with E-state index in [0.29, 0.717) is 0 Å². The standard InChI is InChI=1S/C13H20N2O/c1-9-5-4-6-12(14)13(9)15-7-10(2)16-11(3)8-15/h4-6,10-11H,7-8,14H2,1-3H3. The molecule has 2 rings (SSSR count). The molecule has 88 valence electrons. The molecule has 3 nitrogen and oxygen atoms in total. The van der Waals surface area contributed by atoms with Crippen LogP contribution in [0.25, 0.3) is 0 Å². The van der Waals surface area contributed by atoms with Crippen molar-refractivity contribution in [3.05, 3.63) is 23.8 Å². The first-order chi connectivity index (χ1) is 7.58. The highest BCUT2D eigenvalue weighted by Gasteiger charge is 2.24. The van der Waals surface area contributed by atoms with Gasteiger partial charge in [-0.15, -0.1) is 0 Å². The van der Waals surface area contributed by atoms with Crippen LogP contribution in [0.1, 0.15) is 19.4 Å². The van der Waals surface area contributed by atoms with Gasteiger partial charge in [-0.25, -0.2) is 0 Å². The zero-order chi connectivity index (χ0) is 11.7. The second kappa shape index (κ2) is 4.34. The molecule has 0 radical (unpaired) electrons. The summed E-state index contributed by atoms with van der Waals surface area (Å²) in [4.78, 5) is 2.34. The smallest absolute Gasteiger partial charge is 0.0726 e. The maximum atomic E-state index is 6.06. The largest absolute Gasteiger partial charge is 0.397 e. The molecule has 1 aromatic rings. The number of benzene rings is 1.